The Hall–Kier alpha value is -0.390. The summed E-state index contributed by atoms with van der Waals surface area (Å²) in [6.07, 6.45) is 1.94. The van der Waals surface area contributed by atoms with Crippen LogP contribution < -0.4 is 4.90 Å². The van der Waals surface area contributed by atoms with Gasteiger partial charge in [-0.25, -0.2) is 4.98 Å². The second-order valence-corrected chi connectivity index (χ2v) is 5.08. The van der Waals surface area contributed by atoms with E-state index in [9.17, 15) is 0 Å². The normalized spacial score (nSPS) is 16.3. The van der Waals surface area contributed by atoms with Crippen LogP contribution in [0.1, 0.15) is 19.0 Å². The van der Waals surface area contributed by atoms with E-state index < -0.39 is 0 Å². The van der Waals surface area contributed by atoms with Crippen LogP contribution in [-0.4, -0.2) is 36.3 Å². The second-order valence-electron chi connectivity index (χ2n) is 3.92. The van der Waals surface area contributed by atoms with Gasteiger partial charge in [0.2, 0.25) is 5.95 Å². The summed E-state index contributed by atoms with van der Waals surface area (Å²) < 4.78 is 6.13. The number of hydrogen-bond acceptors (Lipinski definition) is 4. The van der Waals surface area contributed by atoms with Crippen molar-refractivity contribution in [3.05, 3.63) is 15.3 Å². The van der Waals surface area contributed by atoms with Crippen molar-refractivity contribution in [1.82, 2.24) is 9.97 Å². The van der Waals surface area contributed by atoms with Crippen LogP contribution in [-0.2, 0) is 11.2 Å². The van der Waals surface area contributed by atoms with Gasteiger partial charge in [-0.05, 0) is 22.4 Å². The SMILES string of the molecule is CCCc1nc(N2CCOCC2)nc(Cl)c1Br. The lowest BCUT2D eigenvalue weighted by Crippen LogP contribution is -2.37. The van der Waals surface area contributed by atoms with Gasteiger partial charge >= 0.3 is 0 Å². The monoisotopic (exact) mass is 319 g/mol. The molecular formula is C11H15BrClN3O. The molecule has 0 bridgehead atoms. The van der Waals surface area contributed by atoms with Gasteiger partial charge in [0.15, 0.2) is 0 Å². The van der Waals surface area contributed by atoms with Crippen LogP contribution in [0, 0.1) is 0 Å². The van der Waals surface area contributed by atoms with Gasteiger partial charge in [-0.15, -0.1) is 0 Å². The molecule has 0 amide bonds. The predicted octanol–water partition coefficient (Wildman–Crippen LogP) is 2.68. The van der Waals surface area contributed by atoms with Crippen LogP contribution in [0.25, 0.3) is 0 Å². The number of ether oxygens (including phenoxy) is 1. The molecule has 1 aromatic heterocycles. The molecule has 0 saturated carbocycles. The van der Waals surface area contributed by atoms with Crippen LogP contribution in [0.2, 0.25) is 5.15 Å². The zero-order valence-corrected chi connectivity index (χ0v) is 12.1. The highest BCUT2D eigenvalue weighted by molar-refractivity contribution is 9.10. The molecule has 1 saturated heterocycles. The van der Waals surface area contributed by atoms with Gasteiger partial charge in [-0.2, -0.15) is 4.98 Å². The van der Waals surface area contributed by atoms with Crippen LogP contribution in [0.15, 0.2) is 4.47 Å². The molecule has 0 radical (unpaired) electrons. The first-order valence-electron chi connectivity index (χ1n) is 5.77. The molecule has 1 aromatic rings. The summed E-state index contributed by atoms with van der Waals surface area (Å²) in [5.41, 5.74) is 0.981. The van der Waals surface area contributed by atoms with Gasteiger partial charge < -0.3 is 9.64 Å². The summed E-state index contributed by atoms with van der Waals surface area (Å²) in [4.78, 5) is 11.0. The molecule has 0 unspecified atom stereocenters. The van der Waals surface area contributed by atoms with Crippen LogP contribution in [0.5, 0.6) is 0 Å². The largest absolute Gasteiger partial charge is 0.378 e. The van der Waals surface area contributed by atoms with Crippen molar-refractivity contribution >= 4 is 33.5 Å². The zero-order chi connectivity index (χ0) is 12.3. The second kappa shape index (κ2) is 5.98. The molecule has 0 N–H and O–H groups in total. The van der Waals surface area contributed by atoms with Crippen molar-refractivity contribution in [2.45, 2.75) is 19.8 Å². The number of hydrogen-bond donors (Lipinski definition) is 0. The minimum absolute atomic E-state index is 0.491. The number of aryl methyl sites for hydroxylation is 1. The molecule has 0 atom stereocenters. The molecule has 0 aromatic carbocycles. The first kappa shape index (κ1) is 13.1. The van der Waals surface area contributed by atoms with Crippen LogP contribution in [0.3, 0.4) is 0 Å². The molecule has 17 heavy (non-hydrogen) atoms. The maximum Gasteiger partial charge on any atom is 0.227 e. The Labute approximate surface area is 114 Å². The highest BCUT2D eigenvalue weighted by atomic mass is 79.9. The lowest BCUT2D eigenvalue weighted by Gasteiger charge is -2.27. The van der Waals surface area contributed by atoms with E-state index in [1.54, 1.807) is 0 Å². The van der Waals surface area contributed by atoms with E-state index in [-0.39, 0.29) is 0 Å². The number of halogens is 2. The summed E-state index contributed by atoms with van der Waals surface area (Å²) in [6.45, 7) is 5.21. The Morgan fingerprint density at radius 2 is 2.06 bits per heavy atom. The summed E-state index contributed by atoms with van der Waals surface area (Å²) in [5.74, 6) is 0.713. The Morgan fingerprint density at radius 3 is 2.71 bits per heavy atom. The van der Waals surface area contributed by atoms with E-state index in [1.807, 2.05) is 0 Å². The standard InChI is InChI=1S/C11H15BrClN3O/c1-2-3-8-9(12)10(13)15-11(14-8)16-4-6-17-7-5-16/h2-7H2,1H3. The third kappa shape index (κ3) is 3.09. The lowest BCUT2D eigenvalue weighted by molar-refractivity contribution is 0.122. The molecular weight excluding hydrogens is 305 g/mol. The van der Waals surface area contributed by atoms with Crippen molar-refractivity contribution in [3.63, 3.8) is 0 Å². The molecule has 94 valence electrons. The molecule has 6 heteroatoms. The third-order valence-electron chi connectivity index (χ3n) is 2.65. The first-order valence-corrected chi connectivity index (χ1v) is 6.94. The molecule has 1 aliphatic rings. The maximum atomic E-state index is 6.12. The fourth-order valence-corrected chi connectivity index (χ4v) is 2.32. The minimum Gasteiger partial charge on any atom is -0.378 e. The Balaban J connectivity index is 2.27. The molecule has 1 aliphatic heterocycles. The van der Waals surface area contributed by atoms with Crippen molar-refractivity contribution in [1.29, 1.82) is 0 Å². The number of aromatic nitrogens is 2. The van der Waals surface area contributed by atoms with Gasteiger partial charge in [0.25, 0.3) is 0 Å². The van der Waals surface area contributed by atoms with E-state index in [0.29, 0.717) is 11.1 Å². The molecule has 0 aliphatic carbocycles. The average Bonchev–Trinajstić information content (AvgIpc) is 2.36. The van der Waals surface area contributed by atoms with Gasteiger partial charge in [0.05, 0.1) is 23.4 Å². The Morgan fingerprint density at radius 1 is 1.35 bits per heavy atom. The summed E-state index contributed by atoms with van der Waals surface area (Å²) >= 11 is 9.56. The van der Waals surface area contributed by atoms with Crippen molar-refractivity contribution in [2.75, 3.05) is 31.2 Å². The first-order chi connectivity index (χ1) is 8.22. The molecule has 2 heterocycles. The average molecular weight is 321 g/mol. The number of morpholine rings is 1. The van der Waals surface area contributed by atoms with Crippen molar-refractivity contribution in [2.24, 2.45) is 0 Å². The third-order valence-corrected chi connectivity index (χ3v) is 3.98. The minimum atomic E-state index is 0.491. The Bertz CT molecular complexity index is 397. The van der Waals surface area contributed by atoms with E-state index >= 15 is 0 Å². The summed E-state index contributed by atoms with van der Waals surface area (Å²) in [5, 5.41) is 0.491. The number of nitrogens with zero attached hydrogens (tertiary/aromatic N) is 3. The van der Waals surface area contributed by atoms with Gasteiger partial charge in [-0.1, -0.05) is 24.9 Å². The van der Waals surface area contributed by atoms with Crippen molar-refractivity contribution in [3.8, 4) is 0 Å². The van der Waals surface area contributed by atoms with Gasteiger partial charge in [0.1, 0.15) is 5.15 Å². The zero-order valence-electron chi connectivity index (χ0n) is 9.75. The van der Waals surface area contributed by atoms with Gasteiger partial charge in [0, 0.05) is 13.1 Å². The Kier molecular flexibility index (Phi) is 4.59. The fourth-order valence-electron chi connectivity index (χ4n) is 1.76. The quantitative estimate of drug-likeness (QED) is 0.803. The van der Waals surface area contributed by atoms with E-state index in [1.165, 1.54) is 0 Å². The van der Waals surface area contributed by atoms with E-state index in [0.717, 1.165) is 49.3 Å². The van der Waals surface area contributed by atoms with Gasteiger partial charge in [-0.3, -0.25) is 0 Å². The molecule has 2 rings (SSSR count). The number of anilines is 1. The van der Waals surface area contributed by atoms with E-state index in [2.05, 4.69) is 37.7 Å². The van der Waals surface area contributed by atoms with E-state index in [4.69, 9.17) is 16.3 Å². The molecule has 4 nitrogen and oxygen atoms in total. The van der Waals surface area contributed by atoms with Crippen LogP contribution >= 0.6 is 27.5 Å². The number of rotatable bonds is 3. The highest BCUT2D eigenvalue weighted by Gasteiger charge is 2.17. The van der Waals surface area contributed by atoms with Crippen LogP contribution in [0.4, 0.5) is 5.95 Å². The molecule has 1 fully saturated rings. The fraction of sp³-hybridized carbons (Fsp3) is 0.636. The topological polar surface area (TPSA) is 38.2 Å². The summed E-state index contributed by atoms with van der Waals surface area (Å²) in [6, 6.07) is 0. The maximum absolute atomic E-state index is 6.12. The summed E-state index contributed by atoms with van der Waals surface area (Å²) in [7, 11) is 0. The lowest BCUT2D eigenvalue weighted by atomic mass is 10.2. The predicted molar refractivity (Wildman–Crippen MR) is 71.8 cm³/mol. The smallest absolute Gasteiger partial charge is 0.227 e. The highest BCUT2D eigenvalue weighted by Crippen LogP contribution is 2.27. The molecule has 0 spiro atoms. The van der Waals surface area contributed by atoms with Crippen molar-refractivity contribution < 1.29 is 4.74 Å².